The molecule has 0 unspecified atom stereocenters. The van der Waals surface area contributed by atoms with E-state index in [1.54, 1.807) is 11.1 Å². The average molecular weight is 268 g/mol. The van der Waals surface area contributed by atoms with E-state index in [4.69, 9.17) is 0 Å². The summed E-state index contributed by atoms with van der Waals surface area (Å²) < 4.78 is 0. The van der Waals surface area contributed by atoms with Crippen LogP contribution in [0.1, 0.15) is 27.8 Å². The van der Waals surface area contributed by atoms with Crippen LogP contribution in [0, 0.1) is 6.92 Å². The van der Waals surface area contributed by atoms with Gasteiger partial charge < -0.3 is 0 Å². The van der Waals surface area contributed by atoms with Gasteiger partial charge in [0.1, 0.15) is 0 Å². The van der Waals surface area contributed by atoms with Gasteiger partial charge in [0.2, 0.25) is 0 Å². The van der Waals surface area contributed by atoms with Crippen LogP contribution in [0.4, 0.5) is 0 Å². The molecule has 0 heterocycles. The van der Waals surface area contributed by atoms with Crippen LogP contribution < -0.4 is 0 Å². The lowest BCUT2D eigenvalue weighted by atomic mass is 9.96. The lowest BCUT2D eigenvalue weighted by Gasteiger charge is -2.07. The van der Waals surface area contributed by atoms with Crippen LogP contribution in [0.2, 0.25) is 0 Å². The summed E-state index contributed by atoms with van der Waals surface area (Å²) in [6, 6.07) is 20.2. The molecular weight excluding hydrogens is 252 g/mol. The number of benzene rings is 3. The first-order valence-corrected chi connectivity index (χ1v) is 7.65. The molecule has 0 spiro atoms. The van der Waals surface area contributed by atoms with Gasteiger partial charge in [0.15, 0.2) is 0 Å². The van der Waals surface area contributed by atoms with Crippen LogP contribution >= 0.6 is 0 Å². The molecule has 21 heavy (non-hydrogen) atoms. The first kappa shape index (κ1) is 11.3. The van der Waals surface area contributed by atoms with Crippen molar-refractivity contribution in [1.29, 1.82) is 0 Å². The molecule has 0 saturated carbocycles. The maximum absolute atomic E-state index is 2.33. The molecule has 0 fully saturated rings. The number of hydrogen-bond donors (Lipinski definition) is 0. The van der Waals surface area contributed by atoms with Gasteiger partial charge in [-0.25, -0.2) is 0 Å². The number of rotatable bonds is 0. The third-order valence-corrected chi connectivity index (χ3v) is 5.16. The van der Waals surface area contributed by atoms with Gasteiger partial charge in [0.05, 0.1) is 0 Å². The largest absolute Gasteiger partial charge is 0.0619 e. The molecule has 0 nitrogen and oxygen atoms in total. The lowest BCUT2D eigenvalue weighted by molar-refractivity contribution is 1.15. The molecule has 100 valence electrons. The number of aryl methyl sites for hydroxylation is 1. The smallest absolute Gasteiger partial charge is 0.000775 e. The molecule has 2 aliphatic carbocycles. The van der Waals surface area contributed by atoms with Crippen molar-refractivity contribution in [3.8, 4) is 22.3 Å². The van der Waals surface area contributed by atoms with Crippen LogP contribution in [0.15, 0.2) is 54.6 Å². The molecule has 0 aromatic heterocycles. The summed E-state index contributed by atoms with van der Waals surface area (Å²) in [5.41, 5.74) is 13.3. The summed E-state index contributed by atoms with van der Waals surface area (Å²) in [7, 11) is 0. The second-order valence-electron chi connectivity index (χ2n) is 6.23. The van der Waals surface area contributed by atoms with E-state index in [-0.39, 0.29) is 0 Å². The lowest BCUT2D eigenvalue weighted by Crippen LogP contribution is -1.91. The molecule has 0 saturated heterocycles. The van der Waals surface area contributed by atoms with E-state index in [0.29, 0.717) is 0 Å². The van der Waals surface area contributed by atoms with Gasteiger partial charge >= 0.3 is 0 Å². The first-order chi connectivity index (χ1) is 10.3. The molecule has 0 N–H and O–H groups in total. The van der Waals surface area contributed by atoms with Crippen molar-refractivity contribution in [2.24, 2.45) is 0 Å². The highest BCUT2D eigenvalue weighted by Crippen LogP contribution is 2.46. The van der Waals surface area contributed by atoms with E-state index in [2.05, 4.69) is 61.5 Å². The summed E-state index contributed by atoms with van der Waals surface area (Å²) in [6.45, 7) is 2.24. The fourth-order valence-electron chi connectivity index (χ4n) is 4.10. The van der Waals surface area contributed by atoms with E-state index >= 15 is 0 Å². The normalized spacial score (nSPS) is 13.6. The van der Waals surface area contributed by atoms with Gasteiger partial charge in [0.25, 0.3) is 0 Å². The third-order valence-electron chi connectivity index (χ3n) is 5.16. The Morgan fingerprint density at radius 3 is 2.14 bits per heavy atom. The van der Waals surface area contributed by atoms with E-state index in [9.17, 15) is 0 Å². The molecule has 0 radical (unpaired) electrons. The zero-order chi connectivity index (χ0) is 14.0. The summed E-state index contributed by atoms with van der Waals surface area (Å²) in [5.74, 6) is 0. The van der Waals surface area contributed by atoms with Crippen LogP contribution in [0.5, 0.6) is 0 Å². The fourth-order valence-corrected chi connectivity index (χ4v) is 4.10. The van der Waals surface area contributed by atoms with E-state index in [1.165, 1.54) is 38.9 Å². The number of fused-ring (bicyclic) bond motifs is 7. The Morgan fingerprint density at radius 1 is 0.571 bits per heavy atom. The molecule has 0 heteroatoms. The Bertz CT molecular complexity index is 900. The van der Waals surface area contributed by atoms with Crippen molar-refractivity contribution in [1.82, 2.24) is 0 Å². The molecule has 0 atom stereocenters. The maximum Gasteiger partial charge on any atom is -0.000775 e. The summed E-state index contributed by atoms with van der Waals surface area (Å²) in [4.78, 5) is 0. The first-order valence-electron chi connectivity index (χ1n) is 7.65. The van der Waals surface area contributed by atoms with Crippen LogP contribution in [0.3, 0.4) is 0 Å². The highest BCUT2D eigenvalue weighted by molar-refractivity contribution is 5.87. The monoisotopic (exact) mass is 268 g/mol. The third kappa shape index (κ3) is 1.40. The van der Waals surface area contributed by atoms with Crippen molar-refractivity contribution in [2.75, 3.05) is 0 Å². The highest BCUT2D eigenvalue weighted by Gasteiger charge is 2.27. The van der Waals surface area contributed by atoms with Crippen molar-refractivity contribution in [3.05, 3.63) is 82.4 Å². The van der Waals surface area contributed by atoms with E-state index in [1.807, 2.05) is 0 Å². The summed E-state index contributed by atoms with van der Waals surface area (Å²) >= 11 is 0. The quantitative estimate of drug-likeness (QED) is 0.365. The summed E-state index contributed by atoms with van der Waals surface area (Å²) in [5, 5.41) is 0. The molecule has 5 rings (SSSR count). The van der Waals surface area contributed by atoms with Gasteiger partial charge in [-0.15, -0.1) is 0 Å². The van der Waals surface area contributed by atoms with Crippen molar-refractivity contribution in [3.63, 3.8) is 0 Å². The average Bonchev–Trinajstić information content (AvgIpc) is 3.06. The standard InChI is InChI=1S/C21H16/c1-13-5-4-8-16-18-10-9-17-15-7-3-2-6-14(15)11-20(17)21(18)12-19(13)16/h2-10H,11-12H2,1H3. The molecule has 3 aromatic carbocycles. The topological polar surface area (TPSA) is 0 Å². The minimum atomic E-state index is 1.10. The van der Waals surface area contributed by atoms with Gasteiger partial charge in [-0.05, 0) is 69.8 Å². The predicted molar refractivity (Wildman–Crippen MR) is 87.7 cm³/mol. The van der Waals surface area contributed by atoms with Gasteiger partial charge in [-0.3, -0.25) is 0 Å². The molecule has 2 aliphatic rings. The number of hydrogen-bond acceptors (Lipinski definition) is 0. The zero-order valence-corrected chi connectivity index (χ0v) is 12.1. The van der Waals surface area contributed by atoms with Gasteiger partial charge in [-0.1, -0.05) is 54.6 Å². The van der Waals surface area contributed by atoms with Crippen molar-refractivity contribution >= 4 is 0 Å². The molecular formula is C21H16. The second kappa shape index (κ2) is 3.85. The Morgan fingerprint density at radius 2 is 1.24 bits per heavy atom. The van der Waals surface area contributed by atoms with E-state index in [0.717, 1.165) is 12.8 Å². The fraction of sp³-hybridized carbons (Fsp3) is 0.143. The molecule has 0 bridgehead atoms. The van der Waals surface area contributed by atoms with Crippen molar-refractivity contribution in [2.45, 2.75) is 19.8 Å². The van der Waals surface area contributed by atoms with Crippen LogP contribution in [0.25, 0.3) is 22.3 Å². The molecule has 0 amide bonds. The minimum Gasteiger partial charge on any atom is -0.0619 e. The Labute approximate surface area is 125 Å². The van der Waals surface area contributed by atoms with Crippen molar-refractivity contribution < 1.29 is 0 Å². The highest BCUT2D eigenvalue weighted by atomic mass is 14.3. The predicted octanol–water partition coefficient (Wildman–Crippen LogP) is 5.14. The maximum atomic E-state index is 2.33. The van der Waals surface area contributed by atoms with Gasteiger partial charge in [0, 0.05) is 0 Å². The Kier molecular flexibility index (Phi) is 2.08. The second-order valence-corrected chi connectivity index (χ2v) is 6.23. The zero-order valence-electron chi connectivity index (χ0n) is 12.1. The van der Waals surface area contributed by atoms with Crippen LogP contribution in [-0.2, 0) is 12.8 Å². The van der Waals surface area contributed by atoms with Crippen LogP contribution in [-0.4, -0.2) is 0 Å². The SMILES string of the molecule is Cc1cccc2c1Cc1c-2ccc2c1Cc1ccccc1-2. The minimum absolute atomic E-state index is 1.10. The molecule has 3 aromatic rings. The Hall–Kier alpha value is -2.34. The summed E-state index contributed by atoms with van der Waals surface area (Å²) in [6.07, 6.45) is 2.20. The Balaban J connectivity index is 1.77. The molecule has 0 aliphatic heterocycles. The van der Waals surface area contributed by atoms with Gasteiger partial charge in [-0.2, -0.15) is 0 Å². The van der Waals surface area contributed by atoms with E-state index < -0.39 is 0 Å².